The van der Waals surface area contributed by atoms with Gasteiger partial charge in [-0.1, -0.05) is 11.2 Å². The van der Waals surface area contributed by atoms with Gasteiger partial charge in [0.05, 0.1) is 5.39 Å². The average Bonchev–Trinajstić information content (AvgIpc) is 2.77. The second-order valence-electron chi connectivity index (χ2n) is 5.59. The van der Waals surface area contributed by atoms with Crippen molar-refractivity contribution in [1.82, 2.24) is 15.8 Å². The van der Waals surface area contributed by atoms with Gasteiger partial charge >= 0.3 is 6.03 Å². The number of aromatic nitrogens is 1. The van der Waals surface area contributed by atoms with E-state index in [2.05, 4.69) is 21.9 Å². The van der Waals surface area contributed by atoms with Gasteiger partial charge in [-0.2, -0.15) is 0 Å². The van der Waals surface area contributed by atoms with Crippen LogP contribution in [-0.2, 0) is 17.6 Å². The van der Waals surface area contributed by atoms with Gasteiger partial charge < -0.3 is 9.84 Å². The molecule has 1 aromatic heterocycles. The molecule has 2 aliphatic rings. The lowest BCUT2D eigenvalue weighted by Gasteiger charge is -2.24. The third kappa shape index (κ3) is 2.05. The van der Waals surface area contributed by atoms with Gasteiger partial charge in [0, 0.05) is 18.5 Å². The predicted octanol–water partition coefficient (Wildman–Crippen LogP) is 0.962. The summed E-state index contributed by atoms with van der Waals surface area (Å²) in [6.45, 7) is 2.18. The lowest BCUT2D eigenvalue weighted by molar-refractivity contribution is -0.120. The maximum absolute atomic E-state index is 12.0. The van der Waals surface area contributed by atoms with Crippen LogP contribution in [0.15, 0.2) is 16.7 Å². The van der Waals surface area contributed by atoms with Crippen molar-refractivity contribution in [3.63, 3.8) is 0 Å². The average molecular weight is 300 g/mol. The molecule has 7 heteroatoms. The monoisotopic (exact) mass is 300 g/mol. The van der Waals surface area contributed by atoms with E-state index in [1.165, 1.54) is 10.5 Å². The van der Waals surface area contributed by atoms with Crippen LogP contribution in [0.2, 0.25) is 0 Å². The first kappa shape index (κ1) is 13.3. The number of nitrogens with zero attached hydrogens (tertiary/aromatic N) is 2. The SMILES string of the molecule is O=C1CCN(c2noc3c4c(ccc23)CCNCC4)C(=O)N1. The molecule has 2 aromatic rings. The first-order valence-corrected chi connectivity index (χ1v) is 7.46. The van der Waals surface area contributed by atoms with Crippen LogP contribution in [0.3, 0.4) is 0 Å². The Morgan fingerprint density at radius 1 is 1.14 bits per heavy atom. The van der Waals surface area contributed by atoms with Crippen LogP contribution in [0.1, 0.15) is 17.5 Å². The predicted molar refractivity (Wildman–Crippen MR) is 79.8 cm³/mol. The van der Waals surface area contributed by atoms with Gasteiger partial charge in [0.25, 0.3) is 0 Å². The summed E-state index contributed by atoms with van der Waals surface area (Å²) in [6, 6.07) is 3.59. The van der Waals surface area contributed by atoms with Crippen LogP contribution in [0, 0.1) is 0 Å². The number of imide groups is 1. The standard InChI is InChI=1S/C15H16N4O3/c20-12-5-8-19(15(21)17-12)14-11-2-1-9-3-6-16-7-4-10(9)13(11)22-18-14/h1-2,16H,3-8H2,(H,17,20,21). The Balaban J connectivity index is 1.79. The molecule has 2 aliphatic heterocycles. The van der Waals surface area contributed by atoms with Crippen molar-refractivity contribution in [1.29, 1.82) is 0 Å². The molecule has 0 spiro atoms. The Labute approximate surface area is 126 Å². The summed E-state index contributed by atoms with van der Waals surface area (Å²) in [4.78, 5) is 24.7. The summed E-state index contributed by atoms with van der Waals surface area (Å²) >= 11 is 0. The van der Waals surface area contributed by atoms with E-state index < -0.39 is 6.03 Å². The lowest BCUT2D eigenvalue weighted by atomic mass is 10.0. The molecule has 1 saturated heterocycles. The molecule has 0 atom stereocenters. The van der Waals surface area contributed by atoms with E-state index in [1.807, 2.05) is 6.07 Å². The van der Waals surface area contributed by atoms with Gasteiger partial charge in [0.15, 0.2) is 11.4 Å². The second kappa shape index (κ2) is 5.10. The van der Waals surface area contributed by atoms with Crippen LogP contribution in [0.5, 0.6) is 0 Å². The first-order valence-electron chi connectivity index (χ1n) is 7.46. The number of amides is 3. The van der Waals surface area contributed by atoms with Crippen molar-refractivity contribution in [3.8, 4) is 0 Å². The molecule has 1 aromatic carbocycles. The van der Waals surface area contributed by atoms with E-state index in [0.717, 1.165) is 42.5 Å². The molecule has 22 heavy (non-hydrogen) atoms. The molecule has 114 valence electrons. The summed E-state index contributed by atoms with van der Waals surface area (Å²) in [5.41, 5.74) is 3.18. The highest BCUT2D eigenvalue weighted by atomic mass is 16.5. The maximum Gasteiger partial charge on any atom is 0.329 e. The third-order valence-corrected chi connectivity index (χ3v) is 4.25. The number of hydrogen-bond donors (Lipinski definition) is 2. The molecular formula is C15H16N4O3. The zero-order chi connectivity index (χ0) is 15.1. The van der Waals surface area contributed by atoms with Crippen molar-refractivity contribution >= 4 is 28.7 Å². The Morgan fingerprint density at radius 3 is 2.86 bits per heavy atom. The number of carbonyl (C=O) groups is 2. The highest BCUT2D eigenvalue weighted by Gasteiger charge is 2.29. The third-order valence-electron chi connectivity index (χ3n) is 4.25. The Morgan fingerprint density at radius 2 is 2.00 bits per heavy atom. The minimum absolute atomic E-state index is 0.256. The van der Waals surface area contributed by atoms with E-state index in [-0.39, 0.29) is 12.3 Å². The van der Waals surface area contributed by atoms with Crippen LogP contribution >= 0.6 is 0 Å². The molecule has 0 radical (unpaired) electrons. The Kier molecular flexibility index (Phi) is 3.07. The summed E-state index contributed by atoms with van der Waals surface area (Å²) in [5, 5.41) is 10.6. The van der Waals surface area contributed by atoms with Crippen molar-refractivity contribution in [2.24, 2.45) is 0 Å². The zero-order valence-corrected chi connectivity index (χ0v) is 12.0. The van der Waals surface area contributed by atoms with Gasteiger partial charge in [0.1, 0.15) is 0 Å². The lowest BCUT2D eigenvalue weighted by Crippen LogP contribution is -2.49. The number of hydrogen-bond acceptors (Lipinski definition) is 5. The van der Waals surface area contributed by atoms with Crippen LogP contribution in [-0.4, -0.2) is 36.7 Å². The number of fused-ring (bicyclic) bond motifs is 3. The zero-order valence-electron chi connectivity index (χ0n) is 12.0. The van der Waals surface area contributed by atoms with Gasteiger partial charge in [-0.05, 0) is 37.6 Å². The topological polar surface area (TPSA) is 87.5 Å². The number of nitrogens with one attached hydrogen (secondary N) is 2. The van der Waals surface area contributed by atoms with Gasteiger partial charge in [-0.25, -0.2) is 4.79 Å². The second-order valence-corrected chi connectivity index (χ2v) is 5.59. The fourth-order valence-corrected chi connectivity index (χ4v) is 3.12. The molecular weight excluding hydrogens is 284 g/mol. The molecule has 0 bridgehead atoms. The van der Waals surface area contributed by atoms with Crippen molar-refractivity contribution < 1.29 is 14.1 Å². The molecule has 2 N–H and O–H groups in total. The first-order chi connectivity index (χ1) is 10.7. The van der Waals surface area contributed by atoms with Crippen molar-refractivity contribution in [3.05, 3.63) is 23.3 Å². The van der Waals surface area contributed by atoms with Crippen LogP contribution < -0.4 is 15.5 Å². The highest BCUT2D eigenvalue weighted by Crippen LogP contribution is 2.32. The molecule has 3 heterocycles. The van der Waals surface area contributed by atoms with Gasteiger partial charge in [-0.3, -0.25) is 15.0 Å². The van der Waals surface area contributed by atoms with E-state index in [9.17, 15) is 9.59 Å². The number of benzene rings is 1. The Bertz CT molecular complexity index is 767. The molecule has 4 rings (SSSR count). The smallest absolute Gasteiger partial charge is 0.329 e. The molecule has 1 fully saturated rings. The van der Waals surface area contributed by atoms with E-state index in [0.29, 0.717) is 12.4 Å². The van der Waals surface area contributed by atoms with Gasteiger partial charge in [0.2, 0.25) is 5.91 Å². The maximum atomic E-state index is 12.0. The Hall–Kier alpha value is -2.41. The number of carbonyl (C=O) groups excluding carboxylic acids is 2. The minimum atomic E-state index is -0.442. The largest absolute Gasteiger partial charge is 0.354 e. The van der Waals surface area contributed by atoms with Crippen LogP contribution in [0.25, 0.3) is 11.0 Å². The molecule has 7 nitrogen and oxygen atoms in total. The molecule has 0 aliphatic carbocycles. The summed E-state index contributed by atoms with van der Waals surface area (Å²) in [7, 11) is 0. The minimum Gasteiger partial charge on any atom is -0.354 e. The summed E-state index contributed by atoms with van der Waals surface area (Å²) in [6.07, 6.45) is 2.11. The van der Waals surface area contributed by atoms with Gasteiger partial charge in [-0.15, -0.1) is 0 Å². The fourth-order valence-electron chi connectivity index (χ4n) is 3.12. The van der Waals surface area contributed by atoms with E-state index in [4.69, 9.17) is 4.52 Å². The summed E-state index contributed by atoms with van der Waals surface area (Å²) in [5.74, 6) is 0.231. The van der Waals surface area contributed by atoms with E-state index >= 15 is 0 Å². The number of urea groups is 1. The molecule has 0 unspecified atom stereocenters. The normalized spacial score (nSPS) is 19.0. The molecule has 3 amide bonds. The van der Waals surface area contributed by atoms with Crippen molar-refractivity contribution in [2.75, 3.05) is 24.5 Å². The quantitative estimate of drug-likeness (QED) is 0.819. The highest BCUT2D eigenvalue weighted by molar-refractivity contribution is 6.08. The number of rotatable bonds is 1. The summed E-state index contributed by atoms with van der Waals surface area (Å²) < 4.78 is 5.55. The van der Waals surface area contributed by atoms with Crippen LogP contribution in [0.4, 0.5) is 10.6 Å². The number of anilines is 1. The molecule has 0 saturated carbocycles. The van der Waals surface area contributed by atoms with Crippen molar-refractivity contribution in [2.45, 2.75) is 19.3 Å². The van der Waals surface area contributed by atoms with E-state index in [1.54, 1.807) is 0 Å². The fraction of sp³-hybridized carbons (Fsp3) is 0.400.